The quantitative estimate of drug-likeness (QED) is 0.885. The fraction of sp³-hybridized carbons (Fsp3) is 0.368. The predicted octanol–water partition coefficient (Wildman–Crippen LogP) is 2.41. The number of carbonyl (C=O) groups excluding carboxylic acids is 1. The molecule has 0 unspecified atom stereocenters. The number of pyridine rings is 1. The van der Waals surface area contributed by atoms with Crippen LogP contribution < -0.4 is 10.6 Å². The van der Waals surface area contributed by atoms with E-state index in [9.17, 15) is 4.79 Å². The lowest BCUT2D eigenvalue weighted by molar-refractivity contribution is 0.0390. The van der Waals surface area contributed by atoms with Gasteiger partial charge in [-0.15, -0.1) is 0 Å². The molecule has 0 bridgehead atoms. The first-order valence-electron chi connectivity index (χ1n) is 8.39. The van der Waals surface area contributed by atoms with E-state index in [0.29, 0.717) is 11.8 Å². The van der Waals surface area contributed by atoms with E-state index in [1.165, 1.54) is 5.56 Å². The van der Waals surface area contributed by atoms with Gasteiger partial charge in [0.2, 0.25) is 0 Å². The molecule has 5 nitrogen and oxygen atoms in total. The molecular formula is C19H23N3O2. The van der Waals surface area contributed by atoms with E-state index in [4.69, 9.17) is 10.5 Å². The maximum atomic E-state index is 11.2. The number of primary amides is 1. The number of rotatable bonds is 6. The smallest absolute Gasteiger partial charge is 0.267 e. The van der Waals surface area contributed by atoms with Crippen LogP contribution in [0.2, 0.25) is 0 Å². The minimum atomic E-state index is -0.490. The number of aromatic nitrogens is 1. The highest BCUT2D eigenvalue weighted by molar-refractivity contribution is 5.91. The summed E-state index contributed by atoms with van der Waals surface area (Å²) < 4.78 is 6.02. The van der Waals surface area contributed by atoms with Gasteiger partial charge >= 0.3 is 0 Å². The minimum absolute atomic E-state index is 0.308. The van der Waals surface area contributed by atoms with Gasteiger partial charge in [0.25, 0.3) is 5.91 Å². The first-order chi connectivity index (χ1) is 11.7. The molecule has 1 aromatic carbocycles. The van der Waals surface area contributed by atoms with Crippen LogP contribution in [0.3, 0.4) is 0 Å². The van der Waals surface area contributed by atoms with Crippen molar-refractivity contribution < 1.29 is 9.53 Å². The number of anilines is 1. The second-order valence-electron chi connectivity index (χ2n) is 6.06. The molecule has 0 spiro atoms. The van der Waals surface area contributed by atoms with Gasteiger partial charge in [0.1, 0.15) is 5.69 Å². The summed E-state index contributed by atoms with van der Waals surface area (Å²) in [5.74, 6) is -0.490. The predicted molar refractivity (Wildman–Crippen MR) is 94.1 cm³/mol. The zero-order valence-electron chi connectivity index (χ0n) is 13.7. The fourth-order valence-corrected chi connectivity index (χ4v) is 3.02. The van der Waals surface area contributed by atoms with Crippen molar-refractivity contribution >= 4 is 11.6 Å². The van der Waals surface area contributed by atoms with Gasteiger partial charge in [0.15, 0.2) is 0 Å². The number of amides is 1. The number of ether oxygens (including phenoxy) is 1. The van der Waals surface area contributed by atoms with Gasteiger partial charge in [-0.05, 0) is 37.0 Å². The molecule has 0 atom stereocenters. The molecule has 2 aromatic rings. The van der Waals surface area contributed by atoms with Crippen molar-refractivity contribution in [3.8, 4) is 0 Å². The molecule has 1 amide bonds. The monoisotopic (exact) mass is 325 g/mol. The van der Waals surface area contributed by atoms with E-state index < -0.39 is 5.91 Å². The third kappa shape index (κ3) is 4.32. The molecule has 0 aliphatic carbocycles. The van der Waals surface area contributed by atoms with E-state index in [1.807, 2.05) is 12.1 Å². The maximum absolute atomic E-state index is 11.2. The Labute approximate surface area is 142 Å². The summed E-state index contributed by atoms with van der Waals surface area (Å²) in [7, 11) is 0. The second-order valence-corrected chi connectivity index (χ2v) is 6.06. The zero-order valence-corrected chi connectivity index (χ0v) is 13.7. The van der Waals surface area contributed by atoms with Crippen LogP contribution in [0.5, 0.6) is 0 Å². The number of benzene rings is 1. The highest BCUT2D eigenvalue weighted by Gasteiger charge is 2.20. The van der Waals surface area contributed by atoms with Gasteiger partial charge in [-0.25, -0.2) is 0 Å². The van der Waals surface area contributed by atoms with Crippen molar-refractivity contribution in [2.24, 2.45) is 5.73 Å². The number of hydrogen-bond donors (Lipinski definition) is 1. The molecule has 1 fully saturated rings. The van der Waals surface area contributed by atoms with E-state index >= 15 is 0 Å². The third-order valence-corrected chi connectivity index (χ3v) is 4.39. The SMILES string of the molecule is NC(=O)c1cc(N2CCC(OCCc3ccccc3)CC2)ccn1. The van der Waals surface area contributed by atoms with Gasteiger partial charge in [0.05, 0.1) is 12.7 Å². The molecule has 2 heterocycles. The van der Waals surface area contributed by atoms with Crippen LogP contribution in [0.15, 0.2) is 48.7 Å². The topological polar surface area (TPSA) is 68.5 Å². The number of carbonyl (C=O) groups is 1. The fourth-order valence-electron chi connectivity index (χ4n) is 3.02. The molecule has 3 rings (SSSR count). The Morgan fingerprint density at radius 1 is 1.21 bits per heavy atom. The Kier molecular flexibility index (Phi) is 5.43. The number of nitrogens with two attached hydrogens (primary N) is 1. The molecule has 5 heteroatoms. The summed E-state index contributed by atoms with van der Waals surface area (Å²) in [6.07, 6.45) is 4.87. The average Bonchev–Trinajstić information content (AvgIpc) is 2.63. The van der Waals surface area contributed by atoms with E-state index in [2.05, 4.69) is 34.1 Å². The lowest BCUT2D eigenvalue weighted by Crippen LogP contribution is -2.37. The largest absolute Gasteiger partial charge is 0.378 e. The van der Waals surface area contributed by atoms with Crippen molar-refractivity contribution in [2.45, 2.75) is 25.4 Å². The van der Waals surface area contributed by atoms with Crippen LogP contribution in [0.1, 0.15) is 28.9 Å². The highest BCUT2D eigenvalue weighted by atomic mass is 16.5. The molecule has 1 saturated heterocycles. The van der Waals surface area contributed by atoms with Gasteiger partial charge in [-0.2, -0.15) is 0 Å². The first kappa shape index (κ1) is 16.5. The Balaban J connectivity index is 1.45. The van der Waals surface area contributed by atoms with Gasteiger partial charge in [-0.1, -0.05) is 30.3 Å². The Morgan fingerprint density at radius 2 is 1.96 bits per heavy atom. The number of hydrogen-bond acceptors (Lipinski definition) is 4. The minimum Gasteiger partial charge on any atom is -0.378 e. The van der Waals surface area contributed by atoms with Crippen molar-refractivity contribution in [3.05, 3.63) is 59.9 Å². The summed E-state index contributed by atoms with van der Waals surface area (Å²) in [6, 6.07) is 14.1. The lowest BCUT2D eigenvalue weighted by atomic mass is 10.1. The Morgan fingerprint density at radius 3 is 2.67 bits per heavy atom. The Hall–Kier alpha value is -2.40. The molecule has 0 radical (unpaired) electrons. The van der Waals surface area contributed by atoms with Crippen molar-refractivity contribution in [3.63, 3.8) is 0 Å². The summed E-state index contributed by atoms with van der Waals surface area (Å²) in [6.45, 7) is 2.59. The van der Waals surface area contributed by atoms with Gasteiger partial charge in [0, 0.05) is 25.0 Å². The van der Waals surface area contributed by atoms with Crippen LogP contribution in [-0.2, 0) is 11.2 Å². The van der Waals surface area contributed by atoms with Gasteiger partial charge < -0.3 is 15.4 Å². The van der Waals surface area contributed by atoms with Crippen LogP contribution in [-0.4, -0.2) is 36.7 Å². The van der Waals surface area contributed by atoms with Crippen LogP contribution >= 0.6 is 0 Å². The molecule has 126 valence electrons. The van der Waals surface area contributed by atoms with Crippen LogP contribution in [0.4, 0.5) is 5.69 Å². The summed E-state index contributed by atoms with van der Waals surface area (Å²) in [4.78, 5) is 17.5. The van der Waals surface area contributed by atoms with Crippen LogP contribution in [0, 0.1) is 0 Å². The van der Waals surface area contributed by atoms with E-state index in [1.54, 1.807) is 12.3 Å². The summed E-state index contributed by atoms with van der Waals surface area (Å²) in [5.41, 5.74) is 7.92. The maximum Gasteiger partial charge on any atom is 0.267 e. The van der Waals surface area contributed by atoms with E-state index in [-0.39, 0.29) is 0 Å². The Bertz CT molecular complexity index is 667. The average molecular weight is 325 g/mol. The molecule has 1 aliphatic rings. The molecule has 2 N–H and O–H groups in total. The molecule has 0 saturated carbocycles. The van der Waals surface area contributed by atoms with Crippen molar-refractivity contribution in [1.82, 2.24) is 4.98 Å². The second kappa shape index (κ2) is 7.93. The normalized spacial score (nSPS) is 15.4. The third-order valence-electron chi connectivity index (χ3n) is 4.39. The number of nitrogens with zero attached hydrogens (tertiary/aromatic N) is 2. The number of piperidine rings is 1. The lowest BCUT2D eigenvalue weighted by Gasteiger charge is -2.33. The summed E-state index contributed by atoms with van der Waals surface area (Å²) in [5, 5.41) is 0. The van der Waals surface area contributed by atoms with Crippen molar-refractivity contribution in [2.75, 3.05) is 24.6 Å². The molecule has 24 heavy (non-hydrogen) atoms. The molecule has 1 aliphatic heterocycles. The van der Waals surface area contributed by atoms with Crippen molar-refractivity contribution in [1.29, 1.82) is 0 Å². The highest BCUT2D eigenvalue weighted by Crippen LogP contribution is 2.21. The van der Waals surface area contributed by atoms with E-state index in [0.717, 1.165) is 44.6 Å². The first-order valence-corrected chi connectivity index (χ1v) is 8.39. The molecular weight excluding hydrogens is 302 g/mol. The van der Waals surface area contributed by atoms with Crippen LogP contribution in [0.25, 0.3) is 0 Å². The standard InChI is InChI=1S/C19H23N3O2/c20-19(23)18-14-16(6-10-21-18)22-11-7-17(8-12-22)24-13-9-15-4-2-1-3-5-15/h1-6,10,14,17H,7-9,11-13H2,(H2,20,23). The zero-order chi connectivity index (χ0) is 16.8. The van der Waals surface area contributed by atoms with Gasteiger partial charge in [-0.3, -0.25) is 9.78 Å². The summed E-state index contributed by atoms with van der Waals surface area (Å²) >= 11 is 0. The molecule has 1 aromatic heterocycles.